The number of likely N-dealkylation sites (tertiary alicyclic amines) is 1. The van der Waals surface area contributed by atoms with Crippen molar-refractivity contribution in [2.24, 2.45) is 0 Å². The molecule has 0 bridgehead atoms. The maximum atomic E-state index is 13.2. The second kappa shape index (κ2) is 8.70. The van der Waals surface area contributed by atoms with E-state index >= 15 is 0 Å². The maximum absolute atomic E-state index is 13.2. The Balaban J connectivity index is 1.50. The third-order valence-electron chi connectivity index (χ3n) is 5.67. The molecule has 1 aliphatic heterocycles. The van der Waals surface area contributed by atoms with Crippen LogP contribution in [0, 0.1) is 13.8 Å². The number of nitrogens with zero attached hydrogens (tertiary/aromatic N) is 2. The molecular weight excluding hydrogens is 398 g/mol. The molecule has 6 nitrogen and oxygen atoms in total. The molecule has 30 heavy (non-hydrogen) atoms. The third kappa shape index (κ3) is 4.04. The summed E-state index contributed by atoms with van der Waals surface area (Å²) in [4.78, 5) is 35.7. The molecule has 2 aromatic heterocycles. The number of ether oxygens (including phenoxy) is 1. The van der Waals surface area contributed by atoms with Crippen LogP contribution in [0.4, 0.5) is 0 Å². The summed E-state index contributed by atoms with van der Waals surface area (Å²) in [5.74, 6) is -0.138. The first-order chi connectivity index (χ1) is 14.5. The molecule has 4 rings (SSSR count). The fourth-order valence-electron chi connectivity index (χ4n) is 4.34. The zero-order chi connectivity index (χ0) is 21.3. The second-order valence-electron chi connectivity index (χ2n) is 7.86. The van der Waals surface area contributed by atoms with Gasteiger partial charge in [0.05, 0.1) is 39.5 Å². The number of Topliss-reactive ketones (excluding diaryl/α,β-unsaturated/α-hetero) is 1. The highest BCUT2D eigenvalue weighted by molar-refractivity contribution is 7.18. The molecule has 1 fully saturated rings. The van der Waals surface area contributed by atoms with Crippen molar-refractivity contribution in [2.45, 2.75) is 39.5 Å². The van der Waals surface area contributed by atoms with Crippen LogP contribution in [0.3, 0.4) is 0 Å². The number of piperidine rings is 1. The monoisotopic (exact) mass is 425 g/mol. The predicted molar refractivity (Wildman–Crippen MR) is 119 cm³/mol. The average molecular weight is 426 g/mol. The van der Waals surface area contributed by atoms with Crippen LogP contribution in [-0.2, 0) is 4.74 Å². The number of thiazole rings is 1. The van der Waals surface area contributed by atoms with E-state index in [1.54, 1.807) is 25.2 Å². The standard InChI is InChI=1S/C23H27N3O3S/c1-4-29-23(28)21-15(3)24-14(2)20(21)18(27)13-26-11-7-8-16(12-26)22-25-17-9-5-6-10-19(17)30-22/h5-6,9-10,16,24H,4,7-8,11-13H2,1-3H3/t16-/m0/s1. The average Bonchev–Trinajstić information content (AvgIpc) is 3.28. The first-order valence-electron chi connectivity index (χ1n) is 10.4. The van der Waals surface area contributed by atoms with E-state index in [1.807, 2.05) is 25.1 Å². The zero-order valence-electron chi connectivity index (χ0n) is 17.7. The highest BCUT2D eigenvalue weighted by atomic mass is 32.1. The number of para-hydroxylation sites is 1. The molecule has 0 radical (unpaired) electrons. The molecule has 1 N–H and O–H groups in total. The van der Waals surface area contributed by atoms with Gasteiger partial charge in [-0.1, -0.05) is 12.1 Å². The molecule has 1 aromatic carbocycles. The summed E-state index contributed by atoms with van der Waals surface area (Å²) in [5.41, 5.74) is 3.29. The highest BCUT2D eigenvalue weighted by Gasteiger charge is 2.29. The summed E-state index contributed by atoms with van der Waals surface area (Å²) in [6.45, 7) is 7.68. The molecule has 3 heterocycles. The Morgan fingerprint density at radius 2 is 2.00 bits per heavy atom. The minimum atomic E-state index is -0.436. The van der Waals surface area contributed by atoms with Crippen molar-refractivity contribution in [3.8, 4) is 0 Å². The van der Waals surface area contributed by atoms with Gasteiger partial charge in [-0.05, 0) is 52.3 Å². The van der Waals surface area contributed by atoms with E-state index in [4.69, 9.17) is 9.72 Å². The van der Waals surface area contributed by atoms with Crippen LogP contribution in [-0.4, -0.2) is 52.9 Å². The summed E-state index contributed by atoms with van der Waals surface area (Å²) in [7, 11) is 0. The molecule has 7 heteroatoms. The Hall–Kier alpha value is -2.51. The number of aromatic nitrogens is 2. The van der Waals surface area contributed by atoms with E-state index in [0.717, 1.165) is 42.1 Å². The number of hydrogen-bond donors (Lipinski definition) is 1. The van der Waals surface area contributed by atoms with Crippen LogP contribution in [0.15, 0.2) is 24.3 Å². The van der Waals surface area contributed by atoms with Gasteiger partial charge in [0.15, 0.2) is 5.78 Å². The van der Waals surface area contributed by atoms with Gasteiger partial charge in [0.1, 0.15) is 0 Å². The van der Waals surface area contributed by atoms with Crippen molar-refractivity contribution in [2.75, 3.05) is 26.2 Å². The van der Waals surface area contributed by atoms with Crippen molar-refractivity contribution in [3.63, 3.8) is 0 Å². The van der Waals surface area contributed by atoms with Gasteiger partial charge in [-0.2, -0.15) is 0 Å². The largest absolute Gasteiger partial charge is 0.462 e. The molecule has 0 saturated carbocycles. The van der Waals surface area contributed by atoms with Crippen molar-refractivity contribution in [1.29, 1.82) is 0 Å². The van der Waals surface area contributed by atoms with Crippen LogP contribution in [0.25, 0.3) is 10.2 Å². The van der Waals surface area contributed by atoms with Gasteiger partial charge in [0.25, 0.3) is 0 Å². The van der Waals surface area contributed by atoms with Crippen LogP contribution >= 0.6 is 11.3 Å². The van der Waals surface area contributed by atoms with E-state index < -0.39 is 5.97 Å². The first kappa shape index (κ1) is 20.8. The summed E-state index contributed by atoms with van der Waals surface area (Å²) in [6, 6.07) is 8.21. The fourth-order valence-corrected chi connectivity index (χ4v) is 5.43. The van der Waals surface area contributed by atoms with Crippen LogP contribution in [0.2, 0.25) is 0 Å². The number of carbonyl (C=O) groups excluding carboxylic acids is 2. The number of ketones is 1. The lowest BCUT2D eigenvalue weighted by atomic mass is 9.97. The van der Waals surface area contributed by atoms with E-state index in [2.05, 4.69) is 16.0 Å². The maximum Gasteiger partial charge on any atom is 0.340 e. The summed E-state index contributed by atoms with van der Waals surface area (Å²) in [6.07, 6.45) is 2.12. The molecule has 1 aliphatic rings. The predicted octanol–water partition coefficient (Wildman–Crippen LogP) is 4.48. The Morgan fingerprint density at radius 1 is 1.23 bits per heavy atom. The van der Waals surface area contributed by atoms with Gasteiger partial charge < -0.3 is 9.72 Å². The van der Waals surface area contributed by atoms with Gasteiger partial charge in [-0.15, -0.1) is 11.3 Å². The Bertz CT molecular complexity index is 1050. The van der Waals surface area contributed by atoms with Crippen molar-refractivity contribution in [3.05, 3.63) is 51.8 Å². The lowest BCUT2D eigenvalue weighted by Crippen LogP contribution is -2.38. The van der Waals surface area contributed by atoms with E-state index in [0.29, 0.717) is 29.3 Å². The quantitative estimate of drug-likeness (QED) is 0.465. The lowest BCUT2D eigenvalue weighted by Gasteiger charge is -2.31. The number of benzene rings is 1. The molecule has 0 spiro atoms. The van der Waals surface area contributed by atoms with E-state index in [1.165, 1.54) is 4.70 Å². The molecule has 0 aliphatic carbocycles. The minimum Gasteiger partial charge on any atom is -0.462 e. The van der Waals surface area contributed by atoms with Gasteiger partial charge in [-0.25, -0.2) is 9.78 Å². The number of rotatable bonds is 6. The van der Waals surface area contributed by atoms with Crippen LogP contribution in [0.5, 0.6) is 0 Å². The number of hydrogen-bond acceptors (Lipinski definition) is 6. The lowest BCUT2D eigenvalue weighted by molar-refractivity contribution is 0.0521. The van der Waals surface area contributed by atoms with Crippen molar-refractivity contribution >= 4 is 33.3 Å². The molecule has 1 atom stereocenters. The highest BCUT2D eigenvalue weighted by Crippen LogP contribution is 2.33. The molecule has 0 unspecified atom stereocenters. The smallest absolute Gasteiger partial charge is 0.340 e. The number of aryl methyl sites for hydroxylation is 2. The Labute approximate surface area is 180 Å². The van der Waals surface area contributed by atoms with Gasteiger partial charge in [-0.3, -0.25) is 9.69 Å². The Morgan fingerprint density at radius 3 is 2.77 bits per heavy atom. The van der Waals surface area contributed by atoms with Gasteiger partial charge in [0, 0.05) is 23.9 Å². The number of H-pyrrole nitrogens is 1. The summed E-state index contributed by atoms with van der Waals surface area (Å²) in [5, 5.41) is 1.15. The van der Waals surface area contributed by atoms with E-state index in [-0.39, 0.29) is 12.4 Å². The first-order valence-corrected chi connectivity index (χ1v) is 11.3. The van der Waals surface area contributed by atoms with Gasteiger partial charge in [0.2, 0.25) is 0 Å². The van der Waals surface area contributed by atoms with Crippen molar-refractivity contribution in [1.82, 2.24) is 14.9 Å². The van der Waals surface area contributed by atoms with Crippen LogP contribution < -0.4 is 0 Å². The number of nitrogens with one attached hydrogen (secondary N) is 1. The van der Waals surface area contributed by atoms with Crippen LogP contribution in [0.1, 0.15) is 62.8 Å². The minimum absolute atomic E-state index is 0.0372. The van der Waals surface area contributed by atoms with Crippen molar-refractivity contribution < 1.29 is 14.3 Å². The summed E-state index contributed by atoms with van der Waals surface area (Å²) >= 11 is 1.75. The fraction of sp³-hybridized carbons (Fsp3) is 0.435. The second-order valence-corrected chi connectivity index (χ2v) is 8.92. The molecule has 3 aromatic rings. The number of esters is 1. The van der Waals surface area contributed by atoms with E-state index in [9.17, 15) is 9.59 Å². The SMILES string of the molecule is CCOC(=O)c1c(C)[nH]c(C)c1C(=O)CN1CCC[C@H](c2nc3ccccc3s2)C1. The molecule has 0 amide bonds. The number of aromatic amines is 1. The third-order valence-corrected chi connectivity index (χ3v) is 6.86. The molecular formula is C23H27N3O3S. The topological polar surface area (TPSA) is 75.3 Å². The normalized spacial score (nSPS) is 17.4. The van der Waals surface area contributed by atoms with Gasteiger partial charge >= 0.3 is 5.97 Å². The molecule has 158 valence electrons. The Kier molecular flexibility index (Phi) is 6.01. The molecule has 1 saturated heterocycles. The zero-order valence-corrected chi connectivity index (χ0v) is 18.5. The number of fused-ring (bicyclic) bond motifs is 1. The number of carbonyl (C=O) groups is 2. The summed E-state index contributed by atoms with van der Waals surface area (Å²) < 4.78 is 6.38.